The van der Waals surface area contributed by atoms with Crippen LogP contribution in [0.2, 0.25) is 0 Å². The van der Waals surface area contributed by atoms with Crippen molar-refractivity contribution < 1.29 is 4.74 Å². The molecule has 2 aliphatic rings. The summed E-state index contributed by atoms with van der Waals surface area (Å²) in [5, 5.41) is 3.34. The second kappa shape index (κ2) is 6.06. The van der Waals surface area contributed by atoms with Crippen molar-refractivity contribution in [2.75, 3.05) is 31.6 Å². The number of aromatic nitrogens is 2. The third-order valence-electron chi connectivity index (χ3n) is 3.84. The summed E-state index contributed by atoms with van der Waals surface area (Å²) in [5.41, 5.74) is 0. The molecule has 2 fully saturated rings. The van der Waals surface area contributed by atoms with Crippen LogP contribution in [0.5, 0.6) is 0 Å². The zero-order valence-corrected chi connectivity index (χ0v) is 12.4. The van der Waals surface area contributed by atoms with Gasteiger partial charge < -0.3 is 10.1 Å². The number of anilines is 1. The maximum Gasteiger partial charge on any atom is 0.150 e. The zero-order valence-electron chi connectivity index (χ0n) is 12.4. The monoisotopic (exact) mass is 276 g/mol. The van der Waals surface area contributed by atoms with E-state index in [9.17, 15) is 0 Å². The molecule has 0 aromatic carbocycles. The minimum atomic E-state index is 0.207. The van der Waals surface area contributed by atoms with Crippen LogP contribution in [0, 0.1) is 5.92 Å². The van der Waals surface area contributed by atoms with Gasteiger partial charge in [-0.2, -0.15) is 0 Å². The van der Waals surface area contributed by atoms with E-state index in [4.69, 9.17) is 4.74 Å². The minimum absolute atomic E-state index is 0.207. The lowest BCUT2D eigenvalue weighted by Crippen LogP contribution is -2.41. The zero-order chi connectivity index (χ0) is 13.9. The first-order valence-electron chi connectivity index (χ1n) is 7.63. The van der Waals surface area contributed by atoms with Crippen molar-refractivity contribution in [1.82, 2.24) is 14.9 Å². The maximum atomic E-state index is 5.65. The van der Waals surface area contributed by atoms with Crippen molar-refractivity contribution in [3.8, 4) is 0 Å². The molecule has 3 rings (SSSR count). The summed E-state index contributed by atoms with van der Waals surface area (Å²) in [7, 11) is 0. The van der Waals surface area contributed by atoms with Crippen molar-refractivity contribution in [2.45, 2.75) is 38.8 Å². The van der Waals surface area contributed by atoms with Gasteiger partial charge in [0.05, 0.1) is 19.3 Å². The Bertz CT molecular complexity index is 447. The Labute approximate surface area is 120 Å². The Balaban J connectivity index is 1.74. The van der Waals surface area contributed by atoms with Gasteiger partial charge in [0.25, 0.3) is 0 Å². The number of rotatable bonds is 5. The highest BCUT2D eigenvalue weighted by Crippen LogP contribution is 2.33. The van der Waals surface area contributed by atoms with E-state index in [0.717, 1.165) is 30.7 Å². The first-order chi connectivity index (χ1) is 9.72. The summed E-state index contributed by atoms with van der Waals surface area (Å²) in [6.45, 7) is 7.92. The second-order valence-electron chi connectivity index (χ2n) is 6.13. The molecule has 1 atom stereocenters. The standard InChI is InChI=1S/C15H24N4O/c1-11(2)17-14-5-6-16-15(18-14)13-10-20-8-7-19(13)9-12-3-4-12/h5-6,11-13H,3-4,7-10H2,1-2H3,(H,16,17,18). The normalized spacial score (nSPS) is 24.1. The highest BCUT2D eigenvalue weighted by Gasteiger charge is 2.32. The number of nitrogens with zero attached hydrogens (tertiary/aromatic N) is 3. The lowest BCUT2D eigenvalue weighted by atomic mass is 10.2. The molecule has 20 heavy (non-hydrogen) atoms. The lowest BCUT2D eigenvalue weighted by Gasteiger charge is -2.34. The summed E-state index contributed by atoms with van der Waals surface area (Å²) >= 11 is 0. The van der Waals surface area contributed by atoms with E-state index < -0.39 is 0 Å². The summed E-state index contributed by atoms with van der Waals surface area (Å²) in [6.07, 6.45) is 4.59. The number of ether oxygens (including phenoxy) is 1. The van der Waals surface area contributed by atoms with Gasteiger partial charge >= 0.3 is 0 Å². The van der Waals surface area contributed by atoms with Crippen molar-refractivity contribution in [1.29, 1.82) is 0 Å². The molecule has 1 saturated carbocycles. The van der Waals surface area contributed by atoms with Gasteiger partial charge in [0.2, 0.25) is 0 Å². The average molecular weight is 276 g/mol. The highest BCUT2D eigenvalue weighted by atomic mass is 16.5. The number of hydrogen-bond donors (Lipinski definition) is 1. The second-order valence-corrected chi connectivity index (χ2v) is 6.13. The molecule has 0 radical (unpaired) electrons. The van der Waals surface area contributed by atoms with Crippen LogP contribution < -0.4 is 5.32 Å². The molecule has 1 N–H and O–H groups in total. The third kappa shape index (κ3) is 3.46. The Morgan fingerprint density at radius 1 is 1.45 bits per heavy atom. The van der Waals surface area contributed by atoms with Crippen LogP contribution in [0.1, 0.15) is 38.6 Å². The molecule has 0 bridgehead atoms. The van der Waals surface area contributed by atoms with Crippen molar-refractivity contribution >= 4 is 5.82 Å². The average Bonchev–Trinajstić information content (AvgIpc) is 3.23. The molecule has 1 unspecified atom stereocenters. The molecule has 5 nitrogen and oxygen atoms in total. The van der Waals surface area contributed by atoms with Gasteiger partial charge in [-0.15, -0.1) is 0 Å². The maximum absolute atomic E-state index is 5.65. The fourth-order valence-corrected chi connectivity index (χ4v) is 2.64. The van der Waals surface area contributed by atoms with Crippen molar-refractivity contribution in [3.63, 3.8) is 0 Å². The van der Waals surface area contributed by atoms with Gasteiger partial charge in [-0.1, -0.05) is 0 Å². The Kier molecular flexibility index (Phi) is 4.17. The van der Waals surface area contributed by atoms with Crippen LogP contribution in [0.15, 0.2) is 12.3 Å². The molecule has 110 valence electrons. The smallest absolute Gasteiger partial charge is 0.150 e. The van der Waals surface area contributed by atoms with Gasteiger partial charge in [0.15, 0.2) is 0 Å². The summed E-state index contributed by atoms with van der Waals surface area (Å²) in [5.74, 6) is 2.67. The Hall–Kier alpha value is -1.20. The minimum Gasteiger partial charge on any atom is -0.378 e. The van der Waals surface area contributed by atoms with Crippen LogP contribution in [-0.4, -0.2) is 47.2 Å². The Morgan fingerprint density at radius 2 is 2.30 bits per heavy atom. The molecular weight excluding hydrogens is 252 g/mol. The molecule has 2 heterocycles. The van der Waals surface area contributed by atoms with E-state index in [-0.39, 0.29) is 6.04 Å². The fraction of sp³-hybridized carbons (Fsp3) is 0.733. The van der Waals surface area contributed by atoms with Gasteiger partial charge in [0, 0.05) is 25.3 Å². The topological polar surface area (TPSA) is 50.3 Å². The first-order valence-corrected chi connectivity index (χ1v) is 7.63. The molecule has 0 amide bonds. The molecule has 5 heteroatoms. The largest absolute Gasteiger partial charge is 0.378 e. The van der Waals surface area contributed by atoms with E-state index in [1.165, 1.54) is 19.4 Å². The molecule has 0 spiro atoms. The van der Waals surface area contributed by atoms with Gasteiger partial charge in [-0.05, 0) is 38.7 Å². The van der Waals surface area contributed by atoms with Crippen LogP contribution in [0.4, 0.5) is 5.82 Å². The first kappa shape index (κ1) is 13.8. The number of nitrogens with one attached hydrogen (secondary N) is 1. The van der Waals surface area contributed by atoms with Crippen LogP contribution >= 0.6 is 0 Å². The van der Waals surface area contributed by atoms with Crippen LogP contribution in [0.25, 0.3) is 0 Å². The summed E-state index contributed by atoms with van der Waals surface area (Å²) < 4.78 is 5.65. The van der Waals surface area contributed by atoms with Gasteiger partial charge in [0.1, 0.15) is 11.6 Å². The van der Waals surface area contributed by atoms with E-state index in [2.05, 4.69) is 34.0 Å². The molecule has 1 saturated heterocycles. The van der Waals surface area contributed by atoms with Crippen LogP contribution in [-0.2, 0) is 4.74 Å². The number of hydrogen-bond acceptors (Lipinski definition) is 5. The van der Waals surface area contributed by atoms with Crippen LogP contribution in [0.3, 0.4) is 0 Å². The summed E-state index contributed by atoms with van der Waals surface area (Å²) in [6, 6.07) is 2.51. The lowest BCUT2D eigenvalue weighted by molar-refractivity contribution is -0.0137. The molecule has 1 aromatic rings. The quantitative estimate of drug-likeness (QED) is 0.892. The molecule has 1 aliphatic heterocycles. The molecule has 1 aromatic heterocycles. The highest BCUT2D eigenvalue weighted by molar-refractivity contribution is 5.34. The molecular formula is C15H24N4O. The van der Waals surface area contributed by atoms with Crippen molar-refractivity contribution in [2.24, 2.45) is 5.92 Å². The van der Waals surface area contributed by atoms with E-state index >= 15 is 0 Å². The van der Waals surface area contributed by atoms with E-state index in [1.54, 1.807) is 0 Å². The molecule has 1 aliphatic carbocycles. The SMILES string of the molecule is CC(C)Nc1ccnc(C2COCCN2CC2CC2)n1. The van der Waals surface area contributed by atoms with E-state index in [1.807, 2.05) is 12.3 Å². The van der Waals surface area contributed by atoms with Gasteiger partial charge in [-0.25, -0.2) is 9.97 Å². The fourth-order valence-electron chi connectivity index (χ4n) is 2.64. The van der Waals surface area contributed by atoms with E-state index in [0.29, 0.717) is 12.6 Å². The summed E-state index contributed by atoms with van der Waals surface area (Å²) in [4.78, 5) is 11.6. The number of morpholine rings is 1. The Morgan fingerprint density at radius 3 is 3.05 bits per heavy atom. The predicted octanol–water partition coefficient (Wildman–Crippen LogP) is 2.08. The van der Waals surface area contributed by atoms with Gasteiger partial charge in [-0.3, -0.25) is 4.90 Å². The third-order valence-corrected chi connectivity index (χ3v) is 3.84. The predicted molar refractivity (Wildman–Crippen MR) is 78.6 cm³/mol. The van der Waals surface area contributed by atoms with Crippen molar-refractivity contribution in [3.05, 3.63) is 18.1 Å².